The van der Waals surface area contributed by atoms with Crippen LogP contribution in [0.1, 0.15) is 44.2 Å². The number of likely N-dealkylation sites (tertiary alicyclic amines) is 1. The summed E-state index contributed by atoms with van der Waals surface area (Å²) in [6.07, 6.45) is 0.930. The summed E-state index contributed by atoms with van der Waals surface area (Å²) in [7, 11) is -1.99. The van der Waals surface area contributed by atoms with E-state index in [1.807, 2.05) is 0 Å². The number of amides is 1. The fourth-order valence-corrected chi connectivity index (χ4v) is 8.33. The van der Waals surface area contributed by atoms with Crippen LogP contribution in [0.5, 0.6) is 17.2 Å². The molecular weight excluding hydrogens is 750 g/mol. The summed E-state index contributed by atoms with van der Waals surface area (Å²) in [5.74, 6) is -5.56. The lowest BCUT2D eigenvalue weighted by atomic mass is 9.81. The van der Waals surface area contributed by atoms with Crippen molar-refractivity contribution in [1.29, 1.82) is 0 Å². The van der Waals surface area contributed by atoms with E-state index in [4.69, 9.17) is 30.5 Å². The van der Waals surface area contributed by atoms with Gasteiger partial charge in [0.2, 0.25) is 5.13 Å². The summed E-state index contributed by atoms with van der Waals surface area (Å²) in [4.78, 5) is 17.4. The standard InChI is InChI=1S/C35H36ClF4N3O7S2/c1-35(2,3)50-34(44)42-11-10-24(20-7-9-25(37)26(38)12-20)22(17-42)19-49-30-14-28(40)31(15-27(30)39)52(45,46)43(33-41-16-32(36)51-33)18-21-6-8-23(47-4)13-29(21)48-5/h6-9,12-16,22,24H,10-11,17-19H2,1-5H3/t22-,24?/m0/s1. The molecule has 10 nitrogen and oxygen atoms in total. The van der Waals surface area contributed by atoms with Gasteiger partial charge in [-0.05, 0) is 62.9 Å². The molecule has 1 amide bonds. The number of anilines is 1. The molecule has 0 N–H and O–H groups in total. The van der Waals surface area contributed by atoms with E-state index < -0.39 is 67.5 Å². The van der Waals surface area contributed by atoms with Crippen molar-refractivity contribution in [1.82, 2.24) is 9.88 Å². The quantitative estimate of drug-likeness (QED) is 0.140. The van der Waals surface area contributed by atoms with Gasteiger partial charge in [0.1, 0.15) is 32.1 Å². The van der Waals surface area contributed by atoms with Gasteiger partial charge in [0.05, 0.1) is 33.6 Å². The molecule has 2 heterocycles. The van der Waals surface area contributed by atoms with E-state index in [-0.39, 0.29) is 41.5 Å². The molecule has 280 valence electrons. The van der Waals surface area contributed by atoms with Crippen LogP contribution < -0.4 is 18.5 Å². The van der Waals surface area contributed by atoms with Crippen LogP contribution in [0, 0.1) is 29.2 Å². The Bertz CT molecular complexity index is 2040. The van der Waals surface area contributed by atoms with Gasteiger partial charge in [-0.2, -0.15) is 0 Å². The van der Waals surface area contributed by atoms with Crippen molar-refractivity contribution < 1.29 is 49.7 Å². The average molecular weight is 786 g/mol. The van der Waals surface area contributed by atoms with Crippen molar-refractivity contribution in [2.45, 2.75) is 50.2 Å². The number of halogens is 5. The number of benzene rings is 3. The number of aromatic nitrogens is 1. The van der Waals surface area contributed by atoms with Gasteiger partial charge in [0.15, 0.2) is 23.2 Å². The molecule has 1 saturated heterocycles. The number of hydrogen-bond donors (Lipinski definition) is 0. The molecule has 17 heteroatoms. The maximum Gasteiger partial charge on any atom is 0.410 e. The lowest BCUT2D eigenvalue weighted by Gasteiger charge is -2.39. The zero-order valence-corrected chi connectivity index (χ0v) is 31.2. The largest absolute Gasteiger partial charge is 0.497 e. The van der Waals surface area contributed by atoms with Crippen LogP contribution in [0.3, 0.4) is 0 Å². The highest BCUT2D eigenvalue weighted by molar-refractivity contribution is 7.93. The Morgan fingerprint density at radius 3 is 2.37 bits per heavy atom. The maximum absolute atomic E-state index is 15.8. The zero-order chi connectivity index (χ0) is 38.0. The SMILES string of the molecule is COc1ccc(CN(c2ncc(Cl)s2)S(=O)(=O)c2cc(F)c(OC[C@@H]3CN(C(=O)OC(C)(C)C)CCC3c3ccc(F)c(F)c3)cc2F)c(OC)c1. The third-order valence-corrected chi connectivity index (χ3v) is 11.3. The van der Waals surface area contributed by atoms with Gasteiger partial charge in [-0.15, -0.1) is 0 Å². The lowest BCUT2D eigenvalue weighted by Crippen LogP contribution is -2.46. The second kappa shape index (κ2) is 15.8. The fraction of sp³-hybridized carbons (Fsp3) is 0.371. The number of rotatable bonds is 11. The highest BCUT2D eigenvalue weighted by Gasteiger charge is 2.36. The molecule has 1 unspecified atom stereocenters. The van der Waals surface area contributed by atoms with Gasteiger partial charge in [-0.1, -0.05) is 29.0 Å². The Morgan fingerprint density at radius 2 is 1.73 bits per heavy atom. The van der Waals surface area contributed by atoms with Crippen molar-refractivity contribution in [3.63, 3.8) is 0 Å². The van der Waals surface area contributed by atoms with E-state index in [9.17, 15) is 22.0 Å². The van der Waals surface area contributed by atoms with Gasteiger partial charge >= 0.3 is 6.09 Å². The smallest absolute Gasteiger partial charge is 0.410 e. The minimum atomic E-state index is -4.83. The lowest BCUT2D eigenvalue weighted by molar-refractivity contribution is 0.0109. The minimum absolute atomic E-state index is 0.0370. The van der Waals surface area contributed by atoms with Crippen molar-refractivity contribution in [2.24, 2.45) is 5.92 Å². The van der Waals surface area contributed by atoms with Crippen LogP contribution in [0.25, 0.3) is 0 Å². The number of piperidine rings is 1. The number of thiazole rings is 1. The predicted molar refractivity (Wildman–Crippen MR) is 187 cm³/mol. The maximum atomic E-state index is 15.8. The highest BCUT2D eigenvalue weighted by atomic mass is 35.5. The Labute approximate surface area is 307 Å². The molecule has 1 aliphatic heterocycles. The molecule has 1 aromatic heterocycles. The van der Waals surface area contributed by atoms with E-state index in [1.165, 1.54) is 37.4 Å². The molecule has 1 aliphatic rings. The van der Waals surface area contributed by atoms with Gasteiger partial charge in [-0.3, -0.25) is 0 Å². The van der Waals surface area contributed by atoms with Crippen LogP contribution in [-0.2, 0) is 21.3 Å². The molecule has 0 radical (unpaired) electrons. The molecule has 52 heavy (non-hydrogen) atoms. The Hall–Kier alpha value is -4.28. The summed E-state index contributed by atoms with van der Waals surface area (Å²) in [5, 5.41) is -0.113. The summed E-state index contributed by atoms with van der Waals surface area (Å²) in [6.45, 7) is 4.71. The third-order valence-electron chi connectivity index (χ3n) is 8.25. The van der Waals surface area contributed by atoms with Crippen LogP contribution >= 0.6 is 22.9 Å². The summed E-state index contributed by atoms with van der Waals surface area (Å²) < 4.78 is 110. The number of carbonyl (C=O) groups excluding carboxylic acids is 1. The summed E-state index contributed by atoms with van der Waals surface area (Å²) >= 11 is 6.89. The molecule has 0 aliphatic carbocycles. The first-order valence-electron chi connectivity index (χ1n) is 15.9. The van der Waals surface area contributed by atoms with Gasteiger partial charge in [0, 0.05) is 42.8 Å². The Balaban J connectivity index is 1.43. The Morgan fingerprint density at radius 1 is 0.981 bits per heavy atom. The number of sulfonamides is 1. The Kier molecular flexibility index (Phi) is 11.8. The number of carbonyl (C=O) groups is 1. The first-order valence-corrected chi connectivity index (χ1v) is 18.5. The predicted octanol–water partition coefficient (Wildman–Crippen LogP) is 8.19. The summed E-state index contributed by atoms with van der Waals surface area (Å²) in [5.41, 5.74) is 0.00745. The van der Waals surface area contributed by atoms with E-state index in [0.717, 1.165) is 27.8 Å². The van der Waals surface area contributed by atoms with Crippen molar-refractivity contribution in [2.75, 3.05) is 38.2 Å². The normalized spacial score (nSPS) is 16.4. The molecule has 3 aromatic carbocycles. The summed E-state index contributed by atoms with van der Waals surface area (Å²) in [6, 6.07) is 9.27. The van der Waals surface area contributed by atoms with Crippen LogP contribution in [0.2, 0.25) is 4.34 Å². The van der Waals surface area contributed by atoms with Crippen LogP contribution in [0.4, 0.5) is 27.5 Å². The highest BCUT2D eigenvalue weighted by Crippen LogP contribution is 2.38. The van der Waals surface area contributed by atoms with E-state index >= 15 is 8.78 Å². The van der Waals surface area contributed by atoms with Gasteiger partial charge < -0.3 is 23.8 Å². The molecule has 2 atom stereocenters. The first-order chi connectivity index (χ1) is 24.5. The monoisotopic (exact) mass is 785 g/mol. The van der Waals surface area contributed by atoms with E-state index in [0.29, 0.717) is 35.4 Å². The molecule has 0 saturated carbocycles. The molecule has 4 aromatic rings. The topological polar surface area (TPSA) is 108 Å². The van der Waals surface area contributed by atoms with Crippen LogP contribution in [0.15, 0.2) is 59.6 Å². The number of methoxy groups -OCH3 is 2. The number of nitrogens with zero attached hydrogens (tertiary/aromatic N) is 3. The third kappa shape index (κ3) is 8.84. The molecule has 5 rings (SSSR count). The molecule has 1 fully saturated rings. The molecule has 0 spiro atoms. The second-order valence-electron chi connectivity index (χ2n) is 12.9. The van der Waals surface area contributed by atoms with E-state index in [1.54, 1.807) is 32.9 Å². The minimum Gasteiger partial charge on any atom is -0.497 e. The second-order valence-corrected chi connectivity index (χ2v) is 16.4. The first kappa shape index (κ1) is 38.9. The van der Waals surface area contributed by atoms with Gasteiger partial charge in [0.25, 0.3) is 10.0 Å². The number of ether oxygens (including phenoxy) is 4. The number of hydrogen-bond acceptors (Lipinski definition) is 9. The van der Waals surface area contributed by atoms with Crippen molar-refractivity contribution in [3.05, 3.63) is 93.5 Å². The van der Waals surface area contributed by atoms with Crippen molar-refractivity contribution >= 4 is 44.2 Å². The van der Waals surface area contributed by atoms with Crippen LogP contribution in [-0.4, -0.2) is 63.9 Å². The fourth-order valence-electron chi connectivity index (χ4n) is 5.76. The molecular formula is C35H36ClF4N3O7S2. The zero-order valence-electron chi connectivity index (χ0n) is 28.8. The average Bonchev–Trinajstić information content (AvgIpc) is 3.52. The van der Waals surface area contributed by atoms with Gasteiger partial charge in [-0.25, -0.2) is 40.1 Å². The van der Waals surface area contributed by atoms with E-state index in [2.05, 4.69) is 4.98 Å². The van der Waals surface area contributed by atoms with Crippen molar-refractivity contribution in [3.8, 4) is 17.2 Å². The molecule has 0 bridgehead atoms.